The topological polar surface area (TPSA) is 59.8 Å². The van der Waals surface area contributed by atoms with Gasteiger partial charge in [0.25, 0.3) is 5.91 Å². The van der Waals surface area contributed by atoms with Gasteiger partial charge in [0, 0.05) is 22.8 Å². The largest absolute Gasteiger partial charge is 0.321 e. The van der Waals surface area contributed by atoms with Gasteiger partial charge in [-0.1, -0.05) is 48.7 Å². The molecular formula is C18H18N4O. The molecule has 0 radical (unpaired) electrons. The van der Waals surface area contributed by atoms with E-state index < -0.39 is 0 Å². The number of para-hydroxylation sites is 1. The fourth-order valence-corrected chi connectivity index (χ4v) is 2.73. The van der Waals surface area contributed by atoms with Gasteiger partial charge in [0.15, 0.2) is 0 Å². The van der Waals surface area contributed by atoms with Gasteiger partial charge >= 0.3 is 0 Å². The van der Waals surface area contributed by atoms with E-state index in [4.69, 9.17) is 0 Å². The van der Waals surface area contributed by atoms with Gasteiger partial charge in [-0.2, -0.15) is 0 Å². The molecule has 2 heterocycles. The number of benzene rings is 1. The number of rotatable bonds is 3. The van der Waals surface area contributed by atoms with Crippen molar-refractivity contribution < 1.29 is 4.79 Å². The minimum Gasteiger partial charge on any atom is -0.321 e. The van der Waals surface area contributed by atoms with E-state index in [1.54, 1.807) is 6.08 Å². The van der Waals surface area contributed by atoms with E-state index >= 15 is 0 Å². The summed E-state index contributed by atoms with van der Waals surface area (Å²) in [6.45, 7) is 11.7. The Morgan fingerprint density at radius 1 is 1.17 bits per heavy atom. The van der Waals surface area contributed by atoms with Crippen LogP contribution in [0.2, 0.25) is 0 Å². The number of nitrogens with one attached hydrogen (secondary N) is 1. The lowest BCUT2D eigenvalue weighted by atomic mass is 9.96. The zero-order valence-electron chi connectivity index (χ0n) is 13.2. The maximum absolute atomic E-state index is 12.5. The summed E-state index contributed by atoms with van der Waals surface area (Å²) in [5, 5.41) is 11.5. The Morgan fingerprint density at radius 3 is 2.52 bits per heavy atom. The molecular weight excluding hydrogens is 288 g/mol. The first-order valence-electron chi connectivity index (χ1n) is 7.44. The molecule has 1 aromatic carbocycles. The molecule has 1 aliphatic rings. The zero-order valence-corrected chi connectivity index (χ0v) is 13.2. The van der Waals surface area contributed by atoms with Gasteiger partial charge in [-0.3, -0.25) is 4.79 Å². The van der Waals surface area contributed by atoms with Crippen molar-refractivity contribution in [3.05, 3.63) is 60.8 Å². The van der Waals surface area contributed by atoms with Crippen molar-refractivity contribution in [1.29, 1.82) is 0 Å². The number of carbonyl (C=O) groups excluding carboxylic acids is 1. The SMILES string of the molecule is C=C/C1=C(\C=C)c2nnn(C(C)C)c2-c2ccccc2NC1=O. The fourth-order valence-electron chi connectivity index (χ4n) is 2.73. The lowest BCUT2D eigenvalue weighted by Crippen LogP contribution is -2.18. The fraction of sp³-hybridized carbons (Fsp3) is 0.167. The number of aromatic nitrogens is 3. The monoisotopic (exact) mass is 306 g/mol. The van der Waals surface area contributed by atoms with Crippen LogP contribution < -0.4 is 5.32 Å². The van der Waals surface area contributed by atoms with Crippen LogP contribution >= 0.6 is 0 Å². The highest BCUT2D eigenvalue weighted by molar-refractivity contribution is 6.15. The second-order valence-electron chi connectivity index (χ2n) is 5.56. The second-order valence-corrected chi connectivity index (χ2v) is 5.56. The first kappa shape index (κ1) is 15.0. The number of hydrogen-bond acceptors (Lipinski definition) is 3. The van der Waals surface area contributed by atoms with E-state index in [2.05, 4.69) is 28.8 Å². The first-order valence-corrected chi connectivity index (χ1v) is 7.44. The Balaban J connectivity index is 2.44. The van der Waals surface area contributed by atoms with Gasteiger partial charge in [0.05, 0.1) is 11.4 Å². The predicted molar refractivity (Wildman–Crippen MR) is 91.8 cm³/mol. The van der Waals surface area contributed by atoms with Crippen molar-refractivity contribution in [3.8, 4) is 11.3 Å². The second kappa shape index (κ2) is 5.68. The molecule has 1 aromatic heterocycles. The lowest BCUT2D eigenvalue weighted by molar-refractivity contribution is -0.112. The average molecular weight is 306 g/mol. The van der Waals surface area contributed by atoms with E-state index in [0.29, 0.717) is 16.8 Å². The summed E-state index contributed by atoms with van der Waals surface area (Å²) < 4.78 is 1.86. The Labute approximate surface area is 135 Å². The molecule has 5 heteroatoms. The molecule has 3 rings (SSSR count). The Morgan fingerprint density at radius 2 is 1.87 bits per heavy atom. The Bertz CT molecular complexity index is 842. The number of nitrogens with zero attached hydrogens (tertiary/aromatic N) is 3. The molecule has 0 spiro atoms. The summed E-state index contributed by atoms with van der Waals surface area (Å²) in [4.78, 5) is 12.5. The highest BCUT2D eigenvalue weighted by Crippen LogP contribution is 2.37. The maximum atomic E-state index is 12.5. The third kappa shape index (κ3) is 2.30. The van der Waals surface area contributed by atoms with Crippen molar-refractivity contribution in [2.45, 2.75) is 19.9 Å². The Kier molecular flexibility index (Phi) is 3.70. The highest BCUT2D eigenvalue weighted by Gasteiger charge is 2.27. The highest BCUT2D eigenvalue weighted by atomic mass is 16.1. The number of anilines is 1. The molecule has 0 saturated heterocycles. The van der Waals surface area contributed by atoms with Crippen LogP contribution in [0.4, 0.5) is 5.69 Å². The summed E-state index contributed by atoms with van der Waals surface area (Å²) >= 11 is 0. The van der Waals surface area contributed by atoms with Gasteiger partial charge in [0.1, 0.15) is 5.69 Å². The lowest BCUT2D eigenvalue weighted by Gasteiger charge is -2.19. The summed E-state index contributed by atoms with van der Waals surface area (Å²) in [7, 11) is 0. The quantitative estimate of drug-likeness (QED) is 0.942. The number of allylic oxidation sites excluding steroid dienone is 2. The number of fused-ring (bicyclic) bond motifs is 3. The molecule has 116 valence electrons. The van der Waals surface area contributed by atoms with Crippen LogP contribution in [0.3, 0.4) is 0 Å². The minimum absolute atomic E-state index is 0.132. The third-order valence-corrected chi connectivity index (χ3v) is 3.81. The summed E-state index contributed by atoms with van der Waals surface area (Å²) in [5.74, 6) is -0.230. The van der Waals surface area contributed by atoms with Crippen molar-refractivity contribution in [2.75, 3.05) is 5.32 Å². The van der Waals surface area contributed by atoms with E-state index in [0.717, 1.165) is 16.9 Å². The minimum atomic E-state index is -0.230. The van der Waals surface area contributed by atoms with E-state index in [1.165, 1.54) is 6.08 Å². The standard InChI is InChI=1S/C18H18N4O/c1-5-12-13(6-2)18(23)19-15-10-8-7-9-14(15)17-16(12)20-21-22(17)11(3)4/h5-11H,1-2H2,3-4H3,(H,19,23). The summed E-state index contributed by atoms with van der Waals surface area (Å²) in [6, 6.07) is 7.77. The van der Waals surface area contributed by atoms with E-state index in [-0.39, 0.29) is 11.9 Å². The van der Waals surface area contributed by atoms with Crippen LogP contribution in [-0.4, -0.2) is 20.9 Å². The molecule has 0 unspecified atom stereocenters. The van der Waals surface area contributed by atoms with Gasteiger partial charge in [-0.15, -0.1) is 5.10 Å². The summed E-state index contributed by atoms with van der Waals surface area (Å²) in [5.41, 5.74) is 4.19. The smallest absolute Gasteiger partial charge is 0.256 e. The molecule has 0 saturated carbocycles. The maximum Gasteiger partial charge on any atom is 0.256 e. The molecule has 2 aromatic rings. The molecule has 1 amide bonds. The molecule has 23 heavy (non-hydrogen) atoms. The molecule has 0 atom stereocenters. The molecule has 1 N–H and O–H groups in total. The van der Waals surface area contributed by atoms with E-state index in [1.807, 2.05) is 42.8 Å². The molecule has 0 aliphatic carbocycles. The molecule has 0 bridgehead atoms. The number of carbonyl (C=O) groups is 1. The van der Waals surface area contributed by atoms with Crippen molar-refractivity contribution in [3.63, 3.8) is 0 Å². The normalized spacial score (nSPS) is 16.9. The van der Waals surface area contributed by atoms with Gasteiger partial charge in [-0.05, 0) is 19.9 Å². The third-order valence-electron chi connectivity index (χ3n) is 3.81. The summed E-state index contributed by atoms with van der Waals surface area (Å²) in [6.07, 6.45) is 3.15. The Hall–Kier alpha value is -2.95. The van der Waals surface area contributed by atoms with Crippen LogP contribution in [0.15, 0.2) is 55.1 Å². The van der Waals surface area contributed by atoms with Crippen LogP contribution in [0.25, 0.3) is 16.8 Å². The van der Waals surface area contributed by atoms with Gasteiger partial charge < -0.3 is 5.32 Å². The number of hydrogen-bond donors (Lipinski definition) is 1. The van der Waals surface area contributed by atoms with Crippen LogP contribution in [0, 0.1) is 0 Å². The average Bonchev–Trinajstić information content (AvgIpc) is 2.95. The zero-order chi connectivity index (χ0) is 16.6. The predicted octanol–water partition coefficient (Wildman–Crippen LogP) is 3.60. The van der Waals surface area contributed by atoms with Crippen LogP contribution in [0.5, 0.6) is 0 Å². The van der Waals surface area contributed by atoms with Crippen LogP contribution in [-0.2, 0) is 4.79 Å². The van der Waals surface area contributed by atoms with Crippen molar-refractivity contribution in [1.82, 2.24) is 15.0 Å². The van der Waals surface area contributed by atoms with Gasteiger partial charge in [-0.25, -0.2) is 4.68 Å². The molecule has 5 nitrogen and oxygen atoms in total. The van der Waals surface area contributed by atoms with Crippen LogP contribution in [0.1, 0.15) is 25.6 Å². The van der Waals surface area contributed by atoms with E-state index in [9.17, 15) is 4.79 Å². The van der Waals surface area contributed by atoms with Crippen molar-refractivity contribution >= 4 is 17.2 Å². The molecule has 1 aliphatic heterocycles. The number of amides is 1. The first-order chi connectivity index (χ1) is 11.1. The molecule has 0 fully saturated rings. The van der Waals surface area contributed by atoms with Gasteiger partial charge in [0.2, 0.25) is 0 Å². The van der Waals surface area contributed by atoms with Crippen molar-refractivity contribution in [2.24, 2.45) is 0 Å².